The second-order valence-electron chi connectivity index (χ2n) is 8.53. The molecule has 3 fully saturated rings. The maximum atomic E-state index is 11.9. The Morgan fingerprint density at radius 3 is 2.48 bits per heavy atom. The van der Waals surface area contributed by atoms with Crippen molar-refractivity contribution in [1.29, 1.82) is 0 Å². The lowest BCUT2D eigenvalue weighted by Gasteiger charge is -2.70. The minimum atomic E-state index is -0.449. The van der Waals surface area contributed by atoms with Gasteiger partial charge in [-0.3, -0.25) is 0 Å². The van der Waals surface area contributed by atoms with E-state index in [0.717, 1.165) is 48.6 Å². The molecule has 3 N–H and O–H groups in total. The van der Waals surface area contributed by atoms with Crippen LogP contribution < -0.4 is 16.0 Å². The molecule has 0 heterocycles. The second-order valence-corrected chi connectivity index (χ2v) is 8.97. The number of rotatable bonds is 6. The molecule has 2 bridgehead atoms. The summed E-state index contributed by atoms with van der Waals surface area (Å²) in [7, 11) is 0. The molecule has 1 aromatic carbocycles. The highest BCUT2D eigenvalue weighted by Crippen LogP contribution is 2.60. The predicted molar refractivity (Wildman–Crippen MR) is 101 cm³/mol. The monoisotopic (exact) mass is 365 g/mol. The Labute approximate surface area is 154 Å². The van der Waals surface area contributed by atoms with E-state index >= 15 is 0 Å². The third-order valence-electron chi connectivity index (χ3n) is 4.93. The normalized spacial score (nSPS) is 27.1. The molecule has 3 aliphatic carbocycles. The zero-order chi connectivity index (χ0) is 18.3. The smallest absolute Gasteiger partial charge is 0.408 e. The van der Waals surface area contributed by atoms with E-state index in [4.69, 9.17) is 16.3 Å². The predicted octanol–water partition coefficient (Wildman–Crippen LogP) is 3.85. The van der Waals surface area contributed by atoms with Crippen molar-refractivity contribution in [3.8, 4) is 0 Å². The van der Waals surface area contributed by atoms with Crippen LogP contribution in [0.15, 0.2) is 18.2 Å². The van der Waals surface area contributed by atoms with E-state index in [2.05, 4.69) is 22.9 Å². The standard InChI is InChI=1S/C19H28ClN3O2/c1-13-9-14(20)5-6-15(13)21-7-8-22-18-10-19(11-18,12-18)23-16(24)25-17(2,3)4/h5-6,9,21-22H,7-8,10-12H2,1-4H3,(H,23,24). The first kappa shape index (κ1) is 18.3. The lowest BCUT2D eigenvalue weighted by Crippen LogP contribution is -2.83. The van der Waals surface area contributed by atoms with Crippen LogP contribution in [0.4, 0.5) is 10.5 Å². The lowest BCUT2D eigenvalue weighted by atomic mass is 9.44. The molecule has 0 atom stereocenters. The van der Waals surface area contributed by atoms with E-state index in [9.17, 15) is 4.79 Å². The average Bonchev–Trinajstić information content (AvgIpc) is 2.38. The molecule has 5 nitrogen and oxygen atoms in total. The van der Waals surface area contributed by atoms with E-state index in [-0.39, 0.29) is 17.2 Å². The largest absolute Gasteiger partial charge is 0.444 e. The zero-order valence-corrected chi connectivity index (χ0v) is 16.2. The van der Waals surface area contributed by atoms with Gasteiger partial charge in [0.15, 0.2) is 0 Å². The topological polar surface area (TPSA) is 62.4 Å². The van der Waals surface area contributed by atoms with Crippen molar-refractivity contribution in [2.45, 2.75) is 63.6 Å². The molecule has 1 amide bonds. The highest BCUT2D eigenvalue weighted by atomic mass is 35.5. The minimum Gasteiger partial charge on any atom is -0.444 e. The molecule has 25 heavy (non-hydrogen) atoms. The summed E-state index contributed by atoms with van der Waals surface area (Å²) >= 11 is 5.98. The number of anilines is 1. The summed E-state index contributed by atoms with van der Waals surface area (Å²) in [5.41, 5.74) is 1.97. The highest BCUT2D eigenvalue weighted by molar-refractivity contribution is 6.30. The molecular weight excluding hydrogens is 338 g/mol. The number of alkyl carbamates (subject to hydrolysis) is 1. The summed E-state index contributed by atoms with van der Waals surface area (Å²) in [5.74, 6) is 0. The Kier molecular flexibility index (Phi) is 4.67. The lowest BCUT2D eigenvalue weighted by molar-refractivity contribution is -0.103. The van der Waals surface area contributed by atoms with Gasteiger partial charge in [-0.1, -0.05) is 11.6 Å². The summed E-state index contributed by atoms with van der Waals surface area (Å²) in [4.78, 5) is 11.9. The van der Waals surface area contributed by atoms with Gasteiger partial charge >= 0.3 is 6.09 Å². The first-order valence-electron chi connectivity index (χ1n) is 8.87. The maximum absolute atomic E-state index is 11.9. The van der Waals surface area contributed by atoms with E-state index in [1.165, 1.54) is 0 Å². The van der Waals surface area contributed by atoms with Crippen LogP contribution in [0.1, 0.15) is 45.6 Å². The molecule has 138 valence electrons. The van der Waals surface area contributed by atoms with Crippen LogP contribution in [-0.4, -0.2) is 35.9 Å². The summed E-state index contributed by atoms with van der Waals surface area (Å²) < 4.78 is 5.34. The van der Waals surface area contributed by atoms with Gasteiger partial charge in [0.1, 0.15) is 5.60 Å². The molecular formula is C19H28ClN3O2. The van der Waals surface area contributed by atoms with Crippen LogP contribution in [0.2, 0.25) is 5.02 Å². The summed E-state index contributed by atoms with van der Waals surface area (Å²) in [6.07, 6.45) is 2.65. The fraction of sp³-hybridized carbons (Fsp3) is 0.632. The van der Waals surface area contributed by atoms with Crippen molar-refractivity contribution in [1.82, 2.24) is 10.6 Å². The highest BCUT2D eigenvalue weighted by Gasteiger charge is 2.68. The van der Waals surface area contributed by atoms with Gasteiger partial charge in [0, 0.05) is 34.9 Å². The molecule has 0 saturated heterocycles. The van der Waals surface area contributed by atoms with Crippen molar-refractivity contribution in [3.63, 3.8) is 0 Å². The molecule has 4 rings (SSSR count). The van der Waals surface area contributed by atoms with Gasteiger partial charge in [0.2, 0.25) is 0 Å². The van der Waals surface area contributed by atoms with E-state index in [1.54, 1.807) is 0 Å². The van der Waals surface area contributed by atoms with Crippen molar-refractivity contribution in [2.75, 3.05) is 18.4 Å². The summed E-state index contributed by atoms with van der Waals surface area (Å²) in [6, 6.07) is 5.88. The number of benzene rings is 1. The van der Waals surface area contributed by atoms with E-state index < -0.39 is 5.60 Å². The fourth-order valence-electron chi connectivity index (χ4n) is 3.98. The molecule has 0 radical (unpaired) electrons. The molecule has 3 saturated carbocycles. The molecule has 3 aliphatic rings. The Morgan fingerprint density at radius 2 is 1.88 bits per heavy atom. The third-order valence-corrected chi connectivity index (χ3v) is 5.16. The van der Waals surface area contributed by atoms with Gasteiger partial charge in [0.05, 0.1) is 0 Å². The first-order valence-corrected chi connectivity index (χ1v) is 9.25. The van der Waals surface area contributed by atoms with Crippen LogP contribution >= 0.6 is 11.6 Å². The maximum Gasteiger partial charge on any atom is 0.408 e. The number of nitrogens with one attached hydrogen (secondary N) is 3. The van der Waals surface area contributed by atoms with Crippen LogP contribution in [0, 0.1) is 6.92 Å². The quantitative estimate of drug-likeness (QED) is 0.670. The molecule has 6 heteroatoms. The number of halogens is 1. The average molecular weight is 366 g/mol. The first-order chi connectivity index (χ1) is 11.6. The van der Waals surface area contributed by atoms with E-state index in [1.807, 2.05) is 39.0 Å². The fourth-order valence-corrected chi connectivity index (χ4v) is 4.21. The molecule has 0 unspecified atom stereocenters. The van der Waals surface area contributed by atoms with Crippen molar-refractivity contribution in [3.05, 3.63) is 28.8 Å². The number of aryl methyl sites for hydroxylation is 1. The van der Waals surface area contributed by atoms with Gasteiger partial charge in [-0.25, -0.2) is 4.79 Å². The van der Waals surface area contributed by atoms with Crippen LogP contribution in [-0.2, 0) is 4.74 Å². The molecule has 0 aromatic heterocycles. The second kappa shape index (κ2) is 6.36. The Hall–Kier alpha value is -1.46. The Morgan fingerprint density at radius 1 is 1.20 bits per heavy atom. The summed E-state index contributed by atoms with van der Waals surface area (Å²) in [5, 5.41) is 10.9. The SMILES string of the molecule is Cc1cc(Cl)ccc1NCCNC12CC(NC(=O)OC(C)(C)C)(C1)C2. The number of carbonyl (C=O) groups excluding carboxylic acids is 1. The van der Waals surface area contributed by atoms with Crippen molar-refractivity contribution >= 4 is 23.4 Å². The van der Waals surface area contributed by atoms with Crippen LogP contribution in [0.3, 0.4) is 0 Å². The zero-order valence-electron chi connectivity index (χ0n) is 15.5. The van der Waals surface area contributed by atoms with Gasteiger partial charge in [-0.15, -0.1) is 0 Å². The van der Waals surface area contributed by atoms with Crippen molar-refractivity contribution in [2.24, 2.45) is 0 Å². The van der Waals surface area contributed by atoms with Gasteiger partial charge in [0.25, 0.3) is 0 Å². The molecule has 0 spiro atoms. The van der Waals surface area contributed by atoms with Gasteiger partial charge in [-0.2, -0.15) is 0 Å². The number of carbonyl (C=O) groups is 1. The minimum absolute atomic E-state index is 0.0461. The van der Waals surface area contributed by atoms with Gasteiger partial charge in [-0.05, 0) is 70.7 Å². The summed E-state index contributed by atoms with van der Waals surface area (Å²) in [6.45, 7) is 9.45. The van der Waals surface area contributed by atoms with Crippen molar-refractivity contribution < 1.29 is 9.53 Å². The number of amides is 1. The van der Waals surface area contributed by atoms with Gasteiger partial charge < -0.3 is 20.7 Å². The van der Waals surface area contributed by atoms with Crippen LogP contribution in [0.5, 0.6) is 0 Å². The number of ether oxygens (including phenoxy) is 1. The Bertz CT molecular complexity index is 649. The molecule has 0 aliphatic heterocycles. The Balaban J connectivity index is 1.35. The number of hydrogen-bond donors (Lipinski definition) is 3. The van der Waals surface area contributed by atoms with E-state index in [0.29, 0.717) is 0 Å². The molecule has 1 aromatic rings. The third kappa shape index (κ3) is 4.21. The van der Waals surface area contributed by atoms with Crippen LogP contribution in [0.25, 0.3) is 0 Å². The number of hydrogen-bond acceptors (Lipinski definition) is 4.